The Labute approximate surface area is 170 Å². The molecule has 1 saturated heterocycles. The topological polar surface area (TPSA) is 76.1 Å². The van der Waals surface area contributed by atoms with E-state index in [1.54, 1.807) is 24.3 Å². The Morgan fingerprint density at radius 3 is 2.31 bits per heavy atom. The number of Topliss-reactive ketones (excluding diaryl/α,β-unsaturated/α-hetero) is 1. The van der Waals surface area contributed by atoms with Gasteiger partial charge in [0.1, 0.15) is 11.5 Å². The SMILES string of the molecule is COCCN1C(=O)C(=O)C(=C(O)c2ccc(OC(C)C)cc2)[C@@H]1c1ccccc1. The minimum absolute atomic E-state index is 0.0265. The molecule has 1 aliphatic heterocycles. The van der Waals surface area contributed by atoms with Crippen LogP contribution >= 0.6 is 0 Å². The second-order valence-corrected chi connectivity index (χ2v) is 7.09. The Balaban J connectivity index is 2.05. The molecule has 1 atom stereocenters. The first-order valence-corrected chi connectivity index (χ1v) is 9.53. The molecule has 0 saturated carbocycles. The monoisotopic (exact) mass is 395 g/mol. The van der Waals surface area contributed by atoms with Crippen molar-refractivity contribution in [3.63, 3.8) is 0 Å². The lowest BCUT2D eigenvalue weighted by molar-refractivity contribution is -0.140. The van der Waals surface area contributed by atoms with Gasteiger partial charge in [0.2, 0.25) is 0 Å². The molecule has 1 fully saturated rings. The number of amides is 1. The van der Waals surface area contributed by atoms with Crippen LogP contribution in [0.25, 0.3) is 5.76 Å². The fraction of sp³-hybridized carbons (Fsp3) is 0.304. The predicted octanol–water partition coefficient (Wildman–Crippen LogP) is 3.54. The summed E-state index contributed by atoms with van der Waals surface area (Å²) in [5, 5.41) is 11.0. The first-order chi connectivity index (χ1) is 13.9. The van der Waals surface area contributed by atoms with E-state index in [-0.39, 0.29) is 30.6 Å². The number of likely N-dealkylation sites (tertiary alicyclic amines) is 1. The molecule has 1 aliphatic rings. The zero-order valence-electron chi connectivity index (χ0n) is 16.8. The molecule has 0 bridgehead atoms. The molecule has 2 aromatic carbocycles. The van der Waals surface area contributed by atoms with Crippen LogP contribution in [0.3, 0.4) is 0 Å². The van der Waals surface area contributed by atoms with Crippen molar-refractivity contribution < 1.29 is 24.2 Å². The van der Waals surface area contributed by atoms with E-state index in [2.05, 4.69) is 0 Å². The standard InChI is InChI=1S/C23H25NO5/c1-15(2)29-18-11-9-17(10-12-18)21(25)19-20(16-7-5-4-6-8-16)24(13-14-28-3)23(27)22(19)26/h4-12,15,20,25H,13-14H2,1-3H3/t20-/m0/s1. The second-order valence-electron chi connectivity index (χ2n) is 7.09. The van der Waals surface area contributed by atoms with Gasteiger partial charge in [0.25, 0.3) is 11.7 Å². The second kappa shape index (κ2) is 8.92. The van der Waals surface area contributed by atoms with Crippen LogP contribution in [0.15, 0.2) is 60.2 Å². The first kappa shape index (κ1) is 20.6. The number of methoxy groups -OCH3 is 1. The van der Waals surface area contributed by atoms with E-state index < -0.39 is 17.7 Å². The smallest absolute Gasteiger partial charge is 0.295 e. The van der Waals surface area contributed by atoms with Crippen LogP contribution in [0.5, 0.6) is 5.75 Å². The van der Waals surface area contributed by atoms with Gasteiger partial charge in [-0.3, -0.25) is 9.59 Å². The summed E-state index contributed by atoms with van der Waals surface area (Å²) in [5.41, 5.74) is 1.28. The highest BCUT2D eigenvalue weighted by Gasteiger charge is 2.45. The van der Waals surface area contributed by atoms with Gasteiger partial charge < -0.3 is 19.5 Å². The van der Waals surface area contributed by atoms with Crippen molar-refractivity contribution in [3.05, 3.63) is 71.3 Å². The van der Waals surface area contributed by atoms with Crippen LogP contribution in [0.4, 0.5) is 0 Å². The third-order valence-corrected chi connectivity index (χ3v) is 4.69. The summed E-state index contributed by atoms with van der Waals surface area (Å²) in [4.78, 5) is 26.9. The van der Waals surface area contributed by atoms with Crippen LogP contribution in [0, 0.1) is 0 Å². The third-order valence-electron chi connectivity index (χ3n) is 4.69. The fourth-order valence-corrected chi connectivity index (χ4v) is 3.40. The van der Waals surface area contributed by atoms with Crippen LogP contribution in [0.2, 0.25) is 0 Å². The van der Waals surface area contributed by atoms with Gasteiger partial charge in [-0.1, -0.05) is 30.3 Å². The molecule has 1 N–H and O–H groups in total. The summed E-state index contributed by atoms with van der Waals surface area (Å²) in [5.74, 6) is -0.878. The molecule has 0 aliphatic carbocycles. The molecule has 6 nitrogen and oxygen atoms in total. The summed E-state index contributed by atoms with van der Waals surface area (Å²) < 4.78 is 10.7. The maximum absolute atomic E-state index is 12.8. The molecule has 3 rings (SSSR count). The van der Waals surface area contributed by atoms with Crippen molar-refractivity contribution in [2.45, 2.75) is 26.0 Å². The van der Waals surface area contributed by atoms with E-state index >= 15 is 0 Å². The largest absolute Gasteiger partial charge is 0.507 e. The normalized spacial score (nSPS) is 18.5. The van der Waals surface area contributed by atoms with Gasteiger partial charge in [0.05, 0.1) is 24.3 Å². The van der Waals surface area contributed by atoms with Gasteiger partial charge in [-0.05, 0) is 43.7 Å². The molecule has 0 radical (unpaired) electrons. The minimum atomic E-state index is -0.699. The molecule has 152 valence electrons. The number of carbonyl (C=O) groups is 2. The van der Waals surface area contributed by atoms with Gasteiger partial charge in [0.15, 0.2) is 0 Å². The van der Waals surface area contributed by atoms with Gasteiger partial charge >= 0.3 is 0 Å². The Morgan fingerprint density at radius 2 is 1.72 bits per heavy atom. The molecule has 0 unspecified atom stereocenters. The van der Waals surface area contributed by atoms with Crippen molar-refractivity contribution in [1.29, 1.82) is 0 Å². The highest BCUT2D eigenvalue weighted by molar-refractivity contribution is 6.46. The average molecular weight is 395 g/mol. The Hall–Kier alpha value is -3.12. The quantitative estimate of drug-likeness (QED) is 0.441. The van der Waals surface area contributed by atoms with Gasteiger partial charge in [-0.15, -0.1) is 0 Å². The van der Waals surface area contributed by atoms with Crippen molar-refractivity contribution in [3.8, 4) is 5.75 Å². The van der Waals surface area contributed by atoms with Crippen LogP contribution < -0.4 is 4.74 Å². The summed E-state index contributed by atoms with van der Waals surface area (Å²) in [6.07, 6.45) is 0.0265. The number of ether oxygens (including phenoxy) is 2. The molecular formula is C23H25NO5. The Kier molecular flexibility index (Phi) is 6.34. The van der Waals surface area contributed by atoms with Crippen LogP contribution in [0.1, 0.15) is 31.0 Å². The van der Waals surface area contributed by atoms with Gasteiger partial charge in [-0.2, -0.15) is 0 Å². The van der Waals surface area contributed by atoms with Crippen LogP contribution in [-0.4, -0.2) is 48.1 Å². The number of carbonyl (C=O) groups excluding carboxylic acids is 2. The Bertz CT molecular complexity index is 903. The first-order valence-electron chi connectivity index (χ1n) is 9.53. The molecule has 2 aromatic rings. The molecule has 29 heavy (non-hydrogen) atoms. The number of hydrogen-bond donors (Lipinski definition) is 1. The number of benzene rings is 2. The fourth-order valence-electron chi connectivity index (χ4n) is 3.40. The number of ketones is 1. The third kappa shape index (κ3) is 4.32. The summed E-state index contributed by atoms with van der Waals surface area (Å²) in [6.45, 7) is 4.39. The number of aliphatic hydroxyl groups excluding tert-OH is 1. The van der Waals surface area contributed by atoms with E-state index in [0.717, 1.165) is 5.56 Å². The lowest BCUT2D eigenvalue weighted by Crippen LogP contribution is -2.32. The minimum Gasteiger partial charge on any atom is -0.507 e. The lowest BCUT2D eigenvalue weighted by atomic mass is 9.95. The average Bonchev–Trinajstić information content (AvgIpc) is 2.97. The van der Waals surface area contributed by atoms with E-state index in [0.29, 0.717) is 11.3 Å². The molecule has 0 aromatic heterocycles. The van der Waals surface area contributed by atoms with Gasteiger partial charge in [-0.25, -0.2) is 0 Å². The maximum atomic E-state index is 12.8. The highest BCUT2D eigenvalue weighted by Crippen LogP contribution is 2.39. The summed E-state index contributed by atoms with van der Waals surface area (Å²) >= 11 is 0. The van der Waals surface area contributed by atoms with Crippen molar-refractivity contribution in [2.24, 2.45) is 0 Å². The van der Waals surface area contributed by atoms with E-state index in [1.165, 1.54) is 12.0 Å². The number of hydrogen-bond acceptors (Lipinski definition) is 5. The lowest BCUT2D eigenvalue weighted by Gasteiger charge is -2.25. The van der Waals surface area contributed by atoms with Crippen LogP contribution in [-0.2, 0) is 14.3 Å². The Morgan fingerprint density at radius 1 is 1.07 bits per heavy atom. The molecule has 1 heterocycles. The van der Waals surface area contributed by atoms with Crippen molar-refractivity contribution in [1.82, 2.24) is 4.90 Å². The number of aliphatic hydroxyl groups is 1. The molecule has 0 spiro atoms. The van der Waals surface area contributed by atoms with Crippen molar-refractivity contribution >= 4 is 17.4 Å². The van der Waals surface area contributed by atoms with E-state index in [1.807, 2.05) is 44.2 Å². The summed E-state index contributed by atoms with van der Waals surface area (Å²) in [7, 11) is 1.54. The molecule has 6 heteroatoms. The zero-order chi connectivity index (χ0) is 21.0. The zero-order valence-corrected chi connectivity index (χ0v) is 16.8. The van der Waals surface area contributed by atoms with Crippen molar-refractivity contribution in [2.75, 3.05) is 20.3 Å². The summed E-state index contributed by atoms with van der Waals surface area (Å²) in [6, 6.07) is 15.4. The maximum Gasteiger partial charge on any atom is 0.295 e. The number of nitrogens with zero attached hydrogens (tertiary/aromatic N) is 1. The van der Waals surface area contributed by atoms with E-state index in [4.69, 9.17) is 9.47 Å². The number of rotatable bonds is 7. The molecule has 1 amide bonds. The molecular weight excluding hydrogens is 370 g/mol. The van der Waals surface area contributed by atoms with Gasteiger partial charge in [0, 0.05) is 19.2 Å². The highest BCUT2D eigenvalue weighted by atomic mass is 16.5. The predicted molar refractivity (Wildman–Crippen MR) is 110 cm³/mol. The van der Waals surface area contributed by atoms with E-state index in [9.17, 15) is 14.7 Å².